The van der Waals surface area contributed by atoms with Crippen LogP contribution in [0.25, 0.3) is 5.65 Å². The first-order chi connectivity index (χ1) is 11.5. The van der Waals surface area contributed by atoms with E-state index in [1.165, 1.54) is 12.1 Å². The Labute approximate surface area is 139 Å². The van der Waals surface area contributed by atoms with Crippen LogP contribution in [0.4, 0.5) is 11.5 Å². The molecule has 122 valence electrons. The van der Waals surface area contributed by atoms with Gasteiger partial charge in [-0.3, -0.25) is 4.40 Å². The first kappa shape index (κ1) is 15.9. The van der Waals surface area contributed by atoms with Crippen molar-refractivity contribution in [1.82, 2.24) is 9.38 Å². The number of imidazole rings is 1. The average Bonchev–Trinajstić information content (AvgIpc) is 2.93. The van der Waals surface area contributed by atoms with Crippen LogP contribution in [-0.2, 0) is 0 Å². The molecule has 3 aromatic rings. The van der Waals surface area contributed by atoms with Crippen LogP contribution in [0.15, 0.2) is 52.8 Å². The molecule has 0 fully saturated rings. The van der Waals surface area contributed by atoms with Crippen LogP contribution in [0.3, 0.4) is 0 Å². The summed E-state index contributed by atoms with van der Waals surface area (Å²) < 4.78 is 1.91. The summed E-state index contributed by atoms with van der Waals surface area (Å²) in [4.78, 5) is 15.7. The molecule has 2 heterocycles. The molecular weight excluding hydrogens is 304 g/mol. The molecule has 0 aliphatic heterocycles. The van der Waals surface area contributed by atoms with Gasteiger partial charge in [0.25, 0.3) is 0 Å². The standard InChI is InChI=1S/C18H18N4O2/c1-11(2)15-17(22-9-5-6-12(3)16(22)19-15)21-20-14-8-4-7-13(10-14)18(23)24/h4-11H,1-3H3,(H,23,24). The molecule has 1 aromatic carbocycles. The number of hydrogen-bond acceptors (Lipinski definition) is 4. The molecule has 6 heteroatoms. The molecular formula is C18H18N4O2. The minimum absolute atomic E-state index is 0.185. The average molecular weight is 322 g/mol. The Morgan fingerprint density at radius 2 is 2.00 bits per heavy atom. The zero-order valence-electron chi connectivity index (χ0n) is 13.8. The van der Waals surface area contributed by atoms with E-state index in [1.807, 2.05) is 29.7 Å². The van der Waals surface area contributed by atoms with Gasteiger partial charge in [0, 0.05) is 6.20 Å². The number of aromatic nitrogens is 2. The fraction of sp³-hybridized carbons (Fsp3) is 0.222. The van der Waals surface area contributed by atoms with Gasteiger partial charge in [0.2, 0.25) is 0 Å². The lowest BCUT2D eigenvalue weighted by Gasteiger charge is -2.02. The van der Waals surface area contributed by atoms with Crippen LogP contribution in [-0.4, -0.2) is 20.5 Å². The molecule has 0 amide bonds. The Morgan fingerprint density at radius 3 is 2.71 bits per heavy atom. The number of azo groups is 1. The fourth-order valence-electron chi connectivity index (χ4n) is 2.50. The van der Waals surface area contributed by atoms with E-state index in [9.17, 15) is 4.79 Å². The molecule has 0 radical (unpaired) electrons. The molecule has 1 N–H and O–H groups in total. The summed E-state index contributed by atoms with van der Waals surface area (Å²) in [6, 6.07) is 10.3. The number of carboxylic acids is 1. The molecule has 3 rings (SSSR count). The van der Waals surface area contributed by atoms with Crippen molar-refractivity contribution in [1.29, 1.82) is 0 Å². The number of nitrogens with zero attached hydrogens (tertiary/aromatic N) is 4. The van der Waals surface area contributed by atoms with Crippen molar-refractivity contribution in [2.24, 2.45) is 10.2 Å². The SMILES string of the molecule is Cc1cccn2c(N=Nc3cccc(C(=O)O)c3)c(C(C)C)nc12. The Bertz CT molecular complexity index is 941. The molecule has 2 aromatic heterocycles. The topological polar surface area (TPSA) is 79.3 Å². The van der Waals surface area contributed by atoms with E-state index in [0.29, 0.717) is 11.5 Å². The second-order valence-corrected chi connectivity index (χ2v) is 5.92. The molecule has 0 saturated heterocycles. The predicted molar refractivity (Wildman–Crippen MR) is 91.6 cm³/mol. The molecule has 24 heavy (non-hydrogen) atoms. The third kappa shape index (κ3) is 2.90. The second-order valence-electron chi connectivity index (χ2n) is 5.92. The lowest BCUT2D eigenvalue weighted by molar-refractivity contribution is 0.0697. The van der Waals surface area contributed by atoms with E-state index < -0.39 is 5.97 Å². The number of pyridine rings is 1. The van der Waals surface area contributed by atoms with Crippen molar-refractivity contribution in [3.8, 4) is 0 Å². The highest BCUT2D eigenvalue weighted by Gasteiger charge is 2.16. The summed E-state index contributed by atoms with van der Waals surface area (Å²) in [6.07, 6.45) is 1.91. The Kier molecular flexibility index (Phi) is 4.12. The summed E-state index contributed by atoms with van der Waals surface area (Å²) in [5, 5.41) is 17.6. The molecule has 0 saturated carbocycles. The van der Waals surface area contributed by atoms with Gasteiger partial charge in [-0.05, 0) is 42.7 Å². The van der Waals surface area contributed by atoms with Gasteiger partial charge in [-0.1, -0.05) is 26.0 Å². The van der Waals surface area contributed by atoms with Crippen LogP contribution >= 0.6 is 0 Å². The number of aryl methyl sites for hydroxylation is 1. The monoisotopic (exact) mass is 322 g/mol. The van der Waals surface area contributed by atoms with Crippen LogP contribution in [0.5, 0.6) is 0 Å². The Morgan fingerprint density at radius 1 is 1.21 bits per heavy atom. The third-order valence-corrected chi connectivity index (χ3v) is 3.75. The molecule has 0 atom stereocenters. The van der Waals surface area contributed by atoms with Gasteiger partial charge in [-0.15, -0.1) is 10.2 Å². The second kappa shape index (κ2) is 6.23. The van der Waals surface area contributed by atoms with Crippen LogP contribution in [0.2, 0.25) is 0 Å². The molecule has 6 nitrogen and oxygen atoms in total. The summed E-state index contributed by atoms with van der Waals surface area (Å²) in [7, 11) is 0. The quantitative estimate of drug-likeness (QED) is 0.695. The van der Waals surface area contributed by atoms with E-state index in [4.69, 9.17) is 5.11 Å². The van der Waals surface area contributed by atoms with Crippen molar-refractivity contribution in [3.05, 3.63) is 59.4 Å². The molecule has 0 bridgehead atoms. The van der Waals surface area contributed by atoms with Gasteiger partial charge in [0.05, 0.1) is 16.9 Å². The number of benzene rings is 1. The Balaban J connectivity index is 2.09. The highest BCUT2D eigenvalue weighted by molar-refractivity contribution is 5.88. The largest absolute Gasteiger partial charge is 0.478 e. The van der Waals surface area contributed by atoms with Gasteiger partial charge in [-0.2, -0.15) is 0 Å². The molecule has 0 aliphatic rings. The minimum atomic E-state index is -0.986. The Hall–Kier alpha value is -3.02. The normalized spacial score (nSPS) is 11.7. The molecule has 0 spiro atoms. The maximum atomic E-state index is 11.1. The summed E-state index contributed by atoms with van der Waals surface area (Å²) in [5.74, 6) is -0.117. The number of hydrogen-bond donors (Lipinski definition) is 1. The zero-order chi connectivity index (χ0) is 17.3. The highest BCUT2D eigenvalue weighted by atomic mass is 16.4. The van der Waals surface area contributed by atoms with Gasteiger partial charge < -0.3 is 5.11 Å². The summed E-state index contributed by atoms with van der Waals surface area (Å²) in [6.45, 7) is 6.12. The summed E-state index contributed by atoms with van der Waals surface area (Å²) in [5.41, 5.74) is 3.46. The van der Waals surface area contributed by atoms with E-state index in [2.05, 4.69) is 29.1 Å². The number of rotatable bonds is 4. The van der Waals surface area contributed by atoms with Crippen molar-refractivity contribution in [2.75, 3.05) is 0 Å². The van der Waals surface area contributed by atoms with E-state index in [0.717, 1.165) is 16.9 Å². The third-order valence-electron chi connectivity index (χ3n) is 3.75. The molecule has 0 aliphatic carbocycles. The zero-order valence-corrected chi connectivity index (χ0v) is 13.8. The van der Waals surface area contributed by atoms with Crippen LogP contribution < -0.4 is 0 Å². The van der Waals surface area contributed by atoms with Crippen molar-refractivity contribution >= 4 is 23.1 Å². The van der Waals surface area contributed by atoms with Gasteiger partial charge in [0.15, 0.2) is 5.82 Å². The van der Waals surface area contributed by atoms with E-state index in [-0.39, 0.29) is 11.5 Å². The number of fused-ring (bicyclic) bond motifs is 1. The number of aromatic carboxylic acids is 1. The summed E-state index contributed by atoms with van der Waals surface area (Å²) >= 11 is 0. The van der Waals surface area contributed by atoms with Crippen LogP contribution in [0, 0.1) is 6.92 Å². The van der Waals surface area contributed by atoms with Crippen molar-refractivity contribution in [3.63, 3.8) is 0 Å². The predicted octanol–water partition coefficient (Wildman–Crippen LogP) is 4.88. The number of carboxylic acid groups (broad SMARTS) is 1. The maximum absolute atomic E-state index is 11.1. The van der Waals surface area contributed by atoms with Crippen LogP contribution in [0.1, 0.15) is 41.4 Å². The van der Waals surface area contributed by atoms with E-state index in [1.54, 1.807) is 12.1 Å². The maximum Gasteiger partial charge on any atom is 0.335 e. The minimum Gasteiger partial charge on any atom is -0.478 e. The lowest BCUT2D eigenvalue weighted by atomic mass is 10.1. The first-order valence-corrected chi connectivity index (χ1v) is 7.70. The van der Waals surface area contributed by atoms with Crippen molar-refractivity contribution in [2.45, 2.75) is 26.7 Å². The van der Waals surface area contributed by atoms with Crippen molar-refractivity contribution < 1.29 is 9.90 Å². The molecule has 0 unspecified atom stereocenters. The van der Waals surface area contributed by atoms with Gasteiger partial charge in [-0.25, -0.2) is 9.78 Å². The number of carbonyl (C=O) groups is 1. The highest BCUT2D eigenvalue weighted by Crippen LogP contribution is 2.30. The van der Waals surface area contributed by atoms with Gasteiger partial charge >= 0.3 is 5.97 Å². The van der Waals surface area contributed by atoms with E-state index >= 15 is 0 Å². The smallest absolute Gasteiger partial charge is 0.335 e. The lowest BCUT2D eigenvalue weighted by Crippen LogP contribution is -1.94. The fourth-order valence-corrected chi connectivity index (χ4v) is 2.50. The van der Waals surface area contributed by atoms with Gasteiger partial charge in [0.1, 0.15) is 5.65 Å². The first-order valence-electron chi connectivity index (χ1n) is 7.70.